The van der Waals surface area contributed by atoms with Gasteiger partial charge in [-0.1, -0.05) is 32.1 Å². The molecule has 0 aliphatic carbocycles. The normalized spacial score (nSPS) is 16.0. The number of carbonyl (C=O) groups is 2. The lowest BCUT2D eigenvalue weighted by Crippen LogP contribution is -2.37. The molecule has 3 N–H and O–H groups in total. The highest BCUT2D eigenvalue weighted by Gasteiger charge is 2.36. The van der Waals surface area contributed by atoms with E-state index in [4.69, 9.17) is 15.5 Å². The van der Waals surface area contributed by atoms with Gasteiger partial charge in [0.2, 0.25) is 17.8 Å². The summed E-state index contributed by atoms with van der Waals surface area (Å²) in [4.78, 5) is 42.4. The van der Waals surface area contributed by atoms with Crippen LogP contribution < -0.4 is 16.0 Å². The molecule has 1 fully saturated rings. The van der Waals surface area contributed by atoms with Crippen molar-refractivity contribution in [3.63, 3.8) is 0 Å². The fraction of sp³-hybridized carbons (Fsp3) is 0.364. The van der Waals surface area contributed by atoms with Crippen molar-refractivity contribution in [1.29, 1.82) is 0 Å². The smallest absolute Gasteiger partial charge is 0.378 e. The Morgan fingerprint density at radius 3 is 2.35 bits per heavy atom. The molecule has 5 rings (SSSR count). The third-order valence-electron chi connectivity index (χ3n) is 7.86. The number of aromatic nitrogens is 3. The van der Waals surface area contributed by atoms with Crippen LogP contribution in [0.2, 0.25) is 0 Å². The van der Waals surface area contributed by atoms with Crippen LogP contribution in [0.1, 0.15) is 31.4 Å². The van der Waals surface area contributed by atoms with Crippen LogP contribution in [0.15, 0.2) is 66.5 Å². The Bertz CT molecular complexity index is 1610. The number of ether oxygens (including phenoxy) is 1. The maximum absolute atomic E-state index is 13.2. The number of nitrogens with two attached hydrogens (primary N) is 1. The van der Waals surface area contributed by atoms with Crippen LogP contribution in [0.25, 0.3) is 16.8 Å². The summed E-state index contributed by atoms with van der Waals surface area (Å²) in [6.45, 7) is 6.47. The van der Waals surface area contributed by atoms with Crippen molar-refractivity contribution in [2.45, 2.75) is 32.9 Å². The lowest BCUT2D eigenvalue weighted by atomic mass is 9.98. The molecule has 2 amide bonds. The molecule has 1 saturated heterocycles. The van der Waals surface area contributed by atoms with Gasteiger partial charge in [-0.15, -0.1) is 0 Å². The predicted octanol–water partition coefficient (Wildman–Crippen LogP) is 4.90. The summed E-state index contributed by atoms with van der Waals surface area (Å²) in [7, 11) is 0. The molecule has 1 aromatic carbocycles. The number of hydrogen-bond donors (Lipinski definition) is 2. The molecule has 0 atom stereocenters. The Labute approximate surface area is 265 Å². The van der Waals surface area contributed by atoms with Crippen LogP contribution in [-0.4, -0.2) is 77.2 Å². The lowest BCUT2D eigenvalue weighted by Gasteiger charge is -2.30. The number of nitrogens with zero attached hydrogens (tertiary/aromatic N) is 5. The molecule has 0 bridgehead atoms. The van der Waals surface area contributed by atoms with E-state index in [1.54, 1.807) is 41.6 Å². The molecule has 2 aromatic heterocycles. The zero-order chi connectivity index (χ0) is 32.8. The second kappa shape index (κ2) is 14.1. The van der Waals surface area contributed by atoms with Crippen LogP contribution in [0, 0.1) is 5.92 Å². The highest BCUT2D eigenvalue weighted by molar-refractivity contribution is 6.00. The number of rotatable bonds is 8. The van der Waals surface area contributed by atoms with E-state index < -0.39 is 23.6 Å². The lowest BCUT2D eigenvalue weighted by molar-refractivity contribution is -0.130. The number of carbonyl (C=O) groups excluding carboxylic acids is 2. The van der Waals surface area contributed by atoms with Crippen molar-refractivity contribution in [2.24, 2.45) is 5.92 Å². The molecule has 0 unspecified atom stereocenters. The van der Waals surface area contributed by atoms with E-state index in [1.165, 1.54) is 13.8 Å². The van der Waals surface area contributed by atoms with Crippen molar-refractivity contribution in [3.8, 4) is 11.3 Å². The van der Waals surface area contributed by atoms with Gasteiger partial charge in [0.1, 0.15) is 5.82 Å². The number of pyridine rings is 1. The van der Waals surface area contributed by atoms with E-state index in [9.17, 15) is 22.8 Å². The fourth-order valence-electron chi connectivity index (χ4n) is 5.32. The molecule has 0 radical (unpaired) electrons. The first-order chi connectivity index (χ1) is 22.0. The van der Waals surface area contributed by atoms with E-state index in [0.717, 1.165) is 46.9 Å². The summed E-state index contributed by atoms with van der Waals surface area (Å²) >= 11 is 0. The molecular weight excluding hydrogens is 599 g/mol. The maximum Gasteiger partial charge on any atom is 0.413 e. The van der Waals surface area contributed by atoms with Crippen molar-refractivity contribution in [1.82, 2.24) is 19.9 Å². The summed E-state index contributed by atoms with van der Waals surface area (Å²) in [5, 5.41) is 2.46. The third kappa shape index (κ3) is 8.27. The van der Waals surface area contributed by atoms with Gasteiger partial charge in [0.05, 0.1) is 25.3 Å². The van der Waals surface area contributed by atoms with E-state index in [0.29, 0.717) is 44.5 Å². The SMILES string of the molecule is CC(C)C(=CC(=O)Nc1ccc(CC(=O)N2CC=C(c3cc(-c4cnc(N)nc4)nc(N4CCOCC4)c3)CC2)cc1)C(F)(F)F. The number of morpholine rings is 1. The first kappa shape index (κ1) is 32.6. The highest BCUT2D eigenvalue weighted by atomic mass is 19.4. The summed E-state index contributed by atoms with van der Waals surface area (Å²) in [5.41, 5.74) is 9.46. The van der Waals surface area contributed by atoms with Gasteiger partial charge in [-0.25, -0.2) is 15.0 Å². The largest absolute Gasteiger partial charge is 0.413 e. The summed E-state index contributed by atoms with van der Waals surface area (Å²) < 4.78 is 45.1. The first-order valence-electron chi connectivity index (χ1n) is 15.0. The number of hydrogen-bond acceptors (Lipinski definition) is 8. The predicted molar refractivity (Wildman–Crippen MR) is 170 cm³/mol. The van der Waals surface area contributed by atoms with Crippen LogP contribution in [0.5, 0.6) is 0 Å². The second-order valence-corrected chi connectivity index (χ2v) is 11.5. The third-order valence-corrected chi connectivity index (χ3v) is 7.86. The van der Waals surface area contributed by atoms with Crippen molar-refractivity contribution in [3.05, 3.63) is 77.6 Å². The van der Waals surface area contributed by atoms with Gasteiger partial charge in [0, 0.05) is 61.5 Å². The molecule has 13 heteroatoms. The minimum atomic E-state index is -4.58. The van der Waals surface area contributed by atoms with E-state index in [2.05, 4.69) is 32.3 Å². The van der Waals surface area contributed by atoms with Gasteiger partial charge in [0.15, 0.2) is 0 Å². The Hall–Kier alpha value is -4.78. The molecule has 242 valence electrons. The van der Waals surface area contributed by atoms with Crippen molar-refractivity contribution < 1.29 is 27.5 Å². The Morgan fingerprint density at radius 2 is 1.74 bits per heavy atom. The van der Waals surface area contributed by atoms with Crippen molar-refractivity contribution >= 4 is 34.8 Å². The number of amides is 2. The molecule has 46 heavy (non-hydrogen) atoms. The number of nitrogen functional groups attached to an aromatic ring is 1. The number of benzene rings is 1. The summed E-state index contributed by atoms with van der Waals surface area (Å²) in [5.74, 6) is -0.734. The molecule has 4 heterocycles. The molecule has 0 spiro atoms. The van der Waals surface area contributed by atoms with E-state index >= 15 is 0 Å². The topological polar surface area (TPSA) is 127 Å². The van der Waals surface area contributed by atoms with Crippen LogP contribution in [0.4, 0.5) is 30.6 Å². The van der Waals surface area contributed by atoms with Gasteiger partial charge in [-0.3, -0.25) is 9.59 Å². The van der Waals surface area contributed by atoms with Crippen molar-refractivity contribution in [2.75, 3.05) is 55.3 Å². The molecule has 2 aliphatic heterocycles. The standard InChI is InChI=1S/C33H36F3N7O3/c1-21(2)27(33(34,35)36)18-30(44)40-26-5-3-22(4-6-26)15-31(45)43-9-7-23(8-10-43)24-16-28(25-19-38-32(37)39-20-25)41-29(17-24)42-11-13-46-14-12-42/h3-7,16-21H,8-15H2,1-2H3,(H,40,44)(H2,37,38,39). The van der Waals surface area contributed by atoms with E-state index in [1.807, 2.05) is 6.07 Å². The molecule has 10 nitrogen and oxygen atoms in total. The Kier molecular flexibility index (Phi) is 10.0. The molecule has 3 aromatic rings. The number of nitrogens with one attached hydrogen (secondary N) is 1. The first-order valence-corrected chi connectivity index (χ1v) is 15.0. The summed E-state index contributed by atoms with van der Waals surface area (Å²) in [6.07, 6.45) is 2.18. The Morgan fingerprint density at radius 1 is 1.04 bits per heavy atom. The van der Waals surface area contributed by atoms with Gasteiger partial charge in [-0.05, 0) is 53.3 Å². The Balaban J connectivity index is 1.24. The molecule has 0 saturated carbocycles. The number of anilines is 3. The van der Waals surface area contributed by atoms with Gasteiger partial charge < -0.3 is 25.6 Å². The second-order valence-electron chi connectivity index (χ2n) is 11.5. The monoisotopic (exact) mass is 635 g/mol. The average Bonchev–Trinajstić information content (AvgIpc) is 3.04. The van der Waals surface area contributed by atoms with Gasteiger partial charge >= 0.3 is 6.18 Å². The minimum absolute atomic E-state index is 0.0507. The highest BCUT2D eigenvalue weighted by Crippen LogP contribution is 2.32. The zero-order valence-corrected chi connectivity index (χ0v) is 25.7. The van der Waals surface area contributed by atoms with Crippen LogP contribution in [0.3, 0.4) is 0 Å². The van der Waals surface area contributed by atoms with E-state index in [-0.39, 0.29) is 18.3 Å². The molecular formula is C33H36F3N7O3. The van der Waals surface area contributed by atoms with Gasteiger partial charge in [0.25, 0.3) is 0 Å². The van der Waals surface area contributed by atoms with Gasteiger partial charge in [-0.2, -0.15) is 13.2 Å². The average molecular weight is 636 g/mol. The maximum atomic E-state index is 13.2. The number of allylic oxidation sites excluding steroid dienone is 1. The minimum Gasteiger partial charge on any atom is -0.378 e. The van der Waals surface area contributed by atoms with Crippen LogP contribution >= 0.6 is 0 Å². The van der Waals surface area contributed by atoms with Crippen LogP contribution in [-0.2, 0) is 20.7 Å². The fourth-order valence-corrected chi connectivity index (χ4v) is 5.32. The summed E-state index contributed by atoms with van der Waals surface area (Å²) in [6, 6.07) is 10.6. The zero-order valence-electron chi connectivity index (χ0n) is 25.7. The molecule has 2 aliphatic rings. The quantitative estimate of drug-likeness (QED) is 0.335. The number of halogens is 3. The number of alkyl halides is 3.